The summed E-state index contributed by atoms with van der Waals surface area (Å²) < 4.78 is 33.2. The minimum absolute atomic E-state index is 0.0789. The van der Waals surface area contributed by atoms with Gasteiger partial charge in [0.15, 0.2) is 0 Å². The van der Waals surface area contributed by atoms with Gasteiger partial charge in [-0.15, -0.1) is 11.3 Å². The lowest BCUT2D eigenvalue weighted by molar-refractivity contribution is -0.0114. The molecule has 0 saturated carbocycles. The van der Waals surface area contributed by atoms with Gasteiger partial charge in [-0.25, -0.2) is 8.42 Å². The van der Waals surface area contributed by atoms with Gasteiger partial charge in [0.25, 0.3) is 0 Å². The Balaban J connectivity index is 1.94. The average Bonchev–Trinajstić information content (AvgIpc) is 2.93. The van der Waals surface area contributed by atoms with Crippen LogP contribution in [0.15, 0.2) is 10.3 Å². The number of hydrogen-bond acceptors (Lipinski definition) is 5. The summed E-state index contributed by atoms with van der Waals surface area (Å²) in [4.78, 5) is 1.39. The minimum atomic E-state index is -3.40. The molecule has 2 aliphatic heterocycles. The molecule has 2 fully saturated rings. The number of ether oxygens (including phenoxy) is 1. The zero-order valence-corrected chi connectivity index (χ0v) is 13.4. The number of aryl methyl sites for hydroxylation is 1. The molecule has 1 aromatic heterocycles. The highest BCUT2D eigenvalue weighted by atomic mass is 32.2. The molecule has 0 spiro atoms. The Morgan fingerprint density at radius 3 is 2.65 bits per heavy atom. The lowest BCUT2D eigenvalue weighted by Crippen LogP contribution is -2.46. The Bertz CT molecular complexity index is 585. The van der Waals surface area contributed by atoms with Crippen molar-refractivity contribution >= 4 is 21.4 Å². The Hall–Kier alpha value is -0.470. The van der Waals surface area contributed by atoms with Crippen LogP contribution in [0.3, 0.4) is 0 Å². The number of fused-ring (bicyclic) bond motifs is 2. The molecule has 20 heavy (non-hydrogen) atoms. The van der Waals surface area contributed by atoms with Gasteiger partial charge in [-0.05, 0) is 37.8 Å². The van der Waals surface area contributed by atoms with E-state index in [9.17, 15) is 8.42 Å². The highest BCUT2D eigenvalue weighted by molar-refractivity contribution is 7.89. The van der Waals surface area contributed by atoms with E-state index in [0.717, 1.165) is 23.3 Å². The van der Waals surface area contributed by atoms with Crippen LogP contribution in [0.2, 0.25) is 0 Å². The van der Waals surface area contributed by atoms with Crippen LogP contribution < -0.4 is 5.32 Å². The smallest absolute Gasteiger partial charge is 0.244 e. The molecule has 5 nitrogen and oxygen atoms in total. The summed E-state index contributed by atoms with van der Waals surface area (Å²) in [5, 5.41) is 4.97. The van der Waals surface area contributed by atoms with Crippen LogP contribution in [0, 0.1) is 6.92 Å². The lowest BCUT2D eigenvalue weighted by atomic mass is 10.2. The van der Waals surface area contributed by atoms with Gasteiger partial charge in [-0.3, -0.25) is 0 Å². The van der Waals surface area contributed by atoms with Crippen LogP contribution in [-0.2, 0) is 21.3 Å². The predicted molar refractivity (Wildman–Crippen MR) is 78.5 cm³/mol. The van der Waals surface area contributed by atoms with E-state index in [-0.39, 0.29) is 12.2 Å². The Morgan fingerprint density at radius 2 is 2.05 bits per heavy atom. The quantitative estimate of drug-likeness (QED) is 0.910. The molecular weight excluding hydrogens is 296 g/mol. The molecule has 112 valence electrons. The van der Waals surface area contributed by atoms with Crippen molar-refractivity contribution < 1.29 is 13.2 Å². The molecule has 2 unspecified atom stereocenters. The maximum absolute atomic E-state index is 12.9. The van der Waals surface area contributed by atoms with Gasteiger partial charge < -0.3 is 10.1 Å². The SMILES string of the molecule is CNCc1scc(C)c1S(=O)(=O)N1CC2CCC(C1)O2. The van der Waals surface area contributed by atoms with Gasteiger partial charge in [0.1, 0.15) is 4.90 Å². The Labute approximate surface area is 124 Å². The molecule has 1 aromatic rings. The summed E-state index contributed by atoms with van der Waals surface area (Å²) in [7, 11) is -1.57. The van der Waals surface area contributed by atoms with Crippen LogP contribution in [-0.4, -0.2) is 45.1 Å². The second kappa shape index (κ2) is 5.38. The van der Waals surface area contributed by atoms with E-state index in [4.69, 9.17) is 4.74 Å². The molecule has 3 rings (SSSR count). The zero-order chi connectivity index (χ0) is 14.3. The molecule has 2 aliphatic rings. The van der Waals surface area contributed by atoms with Crippen LogP contribution >= 0.6 is 11.3 Å². The number of nitrogens with zero attached hydrogens (tertiary/aromatic N) is 1. The highest BCUT2D eigenvalue weighted by Gasteiger charge is 2.40. The van der Waals surface area contributed by atoms with E-state index in [1.165, 1.54) is 11.3 Å². The van der Waals surface area contributed by atoms with E-state index in [1.54, 1.807) is 4.31 Å². The topological polar surface area (TPSA) is 58.6 Å². The van der Waals surface area contributed by atoms with Gasteiger partial charge in [-0.2, -0.15) is 4.31 Å². The molecule has 7 heteroatoms. The summed E-state index contributed by atoms with van der Waals surface area (Å²) in [6.07, 6.45) is 2.11. The van der Waals surface area contributed by atoms with Gasteiger partial charge in [0.05, 0.1) is 12.2 Å². The summed E-state index contributed by atoms with van der Waals surface area (Å²) in [6.45, 7) is 3.45. The summed E-state index contributed by atoms with van der Waals surface area (Å²) in [6, 6.07) is 0. The van der Waals surface area contributed by atoms with Crippen LogP contribution in [0.5, 0.6) is 0 Å². The third-order valence-electron chi connectivity index (χ3n) is 3.93. The molecule has 0 aromatic carbocycles. The monoisotopic (exact) mass is 316 g/mol. The third-order valence-corrected chi connectivity index (χ3v) is 7.23. The number of hydrogen-bond donors (Lipinski definition) is 1. The molecule has 0 amide bonds. The van der Waals surface area contributed by atoms with Crippen molar-refractivity contribution in [3.05, 3.63) is 15.8 Å². The van der Waals surface area contributed by atoms with Crippen molar-refractivity contribution in [2.75, 3.05) is 20.1 Å². The van der Waals surface area contributed by atoms with Crippen LogP contribution in [0.25, 0.3) is 0 Å². The first-order chi connectivity index (χ1) is 9.52. The average molecular weight is 316 g/mol. The first-order valence-electron chi connectivity index (χ1n) is 6.89. The largest absolute Gasteiger partial charge is 0.372 e. The summed E-state index contributed by atoms with van der Waals surface area (Å²) in [5.41, 5.74) is 0.846. The zero-order valence-electron chi connectivity index (χ0n) is 11.8. The fraction of sp³-hybridized carbons (Fsp3) is 0.692. The first-order valence-corrected chi connectivity index (χ1v) is 9.21. The van der Waals surface area contributed by atoms with E-state index in [0.29, 0.717) is 24.5 Å². The Morgan fingerprint density at radius 1 is 1.40 bits per heavy atom. The minimum Gasteiger partial charge on any atom is -0.372 e. The van der Waals surface area contributed by atoms with Gasteiger partial charge in [0, 0.05) is 24.5 Å². The predicted octanol–water partition coefficient (Wildman–Crippen LogP) is 1.33. The van der Waals surface area contributed by atoms with Crippen molar-refractivity contribution in [2.24, 2.45) is 0 Å². The van der Waals surface area contributed by atoms with Crippen molar-refractivity contribution in [3.8, 4) is 0 Å². The standard InChI is InChI=1S/C13H20N2O3S2/c1-9-8-19-12(5-14-2)13(9)20(16,17)15-6-10-3-4-11(7-15)18-10/h8,10-11,14H,3-7H2,1-2H3. The van der Waals surface area contributed by atoms with E-state index >= 15 is 0 Å². The number of morpholine rings is 1. The van der Waals surface area contributed by atoms with E-state index in [2.05, 4.69) is 5.32 Å². The molecular formula is C13H20N2O3S2. The van der Waals surface area contributed by atoms with Crippen LogP contribution in [0.1, 0.15) is 23.3 Å². The number of nitrogens with one attached hydrogen (secondary N) is 1. The Kier molecular flexibility index (Phi) is 3.89. The summed E-state index contributed by atoms with van der Waals surface area (Å²) >= 11 is 1.51. The number of rotatable bonds is 4. The highest BCUT2D eigenvalue weighted by Crippen LogP contribution is 2.34. The van der Waals surface area contributed by atoms with E-state index < -0.39 is 10.0 Å². The van der Waals surface area contributed by atoms with Crippen molar-refractivity contribution in [1.82, 2.24) is 9.62 Å². The molecule has 2 atom stereocenters. The number of sulfonamides is 1. The fourth-order valence-electron chi connectivity index (χ4n) is 3.02. The van der Waals surface area contributed by atoms with Crippen LogP contribution in [0.4, 0.5) is 0 Å². The van der Waals surface area contributed by atoms with Crippen molar-refractivity contribution in [2.45, 2.75) is 43.4 Å². The van der Waals surface area contributed by atoms with Gasteiger partial charge >= 0.3 is 0 Å². The second-order valence-electron chi connectivity index (χ2n) is 5.48. The molecule has 1 N–H and O–H groups in total. The molecule has 0 aliphatic carbocycles. The maximum Gasteiger partial charge on any atom is 0.244 e. The first kappa shape index (κ1) is 14.5. The summed E-state index contributed by atoms with van der Waals surface area (Å²) in [5.74, 6) is 0. The number of thiophene rings is 1. The van der Waals surface area contributed by atoms with E-state index in [1.807, 2.05) is 19.4 Å². The van der Waals surface area contributed by atoms with Crippen molar-refractivity contribution in [3.63, 3.8) is 0 Å². The fourth-order valence-corrected chi connectivity index (χ4v) is 6.30. The van der Waals surface area contributed by atoms with Crippen molar-refractivity contribution in [1.29, 1.82) is 0 Å². The van der Waals surface area contributed by atoms with Gasteiger partial charge in [0.2, 0.25) is 10.0 Å². The molecule has 2 saturated heterocycles. The molecule has 2 bridgehead atoms. The molecule has 0 radical (unpaired) electrons. The van der Waals surface area contributed by atoms with Gasteiger partial charge in [-0.1, -0.05) is 0 Å². The second-order valence-corrected chi connectivity index (χ2v) is 8.32. The molecule has 3 heterocycles. The normalized spacial score (nSPS) is 27.1. The lowest BCUT2D eigenvalue weighted by Gasteiger charge is -2.31. The third kappa shape index (κ3) is 2.42. The maximum atomic E-state index is 12.9.